The molecule has 0 amide bonds. The monoisotopic (exact) mass is 289 g/mol. The molecule has 4 heteroatoms. The third-order valence-corrected chi connectivity index (χ3v) is 4.82. The number of pyridine rings is 1. The smallest absolute Gasteiger partial charge is 0.0593 e. The summed E-state index contributed by atoms with van der Waals surface area (Å²) >= 11 is 0. The zero-order valence-electron chi connectivity index (χ0n) is 13.1. The van der Waals surface area contributed by atoms with Crippen LogP contribution in [0.1, 0.15) is 25.5 Å². The highest BCUT2D eigenvalue weighted by Gasteiger charge is 2.38. The maximum atomic E-state index is 5.93. The lowest BCUT2D eigenvalue weighted by Gasteiger charge is -2.43. The van der Waals surface area contributed by atoms with E-state index in [1.54, 1.807) is 0 Å². The summed E-state index contributed by atoms with van der Waals surface area (Å²) in [5.74, 6) is 0. The predicted octanol–water partition coefficient (Wildman–Crippen LogP) is 2.02. The first-order chi connectivity index (χ1) is 10.3. The number of nitrogens with zero attached hydrogens (tertiary/aromatic N) is 3. The van der Waals surface area contributed by atoms with Crippen LogP contribution in [0.5, 0.6) is 0 Å². The van der Waals surface area contributed by atoms with Crippen LogP contribution in [0.4, 0.5) is 0 Å². The van der Waals surface area contributed by atoms with Crippen LogP contribution in [-0.4, -0.2) is 60.7 Å². The Morgan fingerprint density at radius 1 is 1.24 bits per heavy atom. The van der Waals surface area contributed by atoms with Crippen LogP contribution in [-0.2, 0) is 11.3 Å². The molecule has 116 valence electrons. The molecule has 0 bridgehead atoms. The van der Waals surface area contributed by atoms with Gasteiger partial charge >= 0.3 is 0 Å². The molecule has 2 saturated heterocycles. The quantitative estimate of drug-likeness (QED) is 0.851. The lowest BCUT2D eigenvalue weighted by Crippen LogP contribution is -2.50. The lowest BCUT2D eigenvalue weighted by atomic mass is 9.80. The Morgan fingerprint density at radius 3 is 2.95 bits per heavy atom. The fourth-order valence-corrected chi connectivity index (χ4v) is 3.76. The molecule has 1 spiro atoms. The number of hydrogen-bond donors (Lipinski definition) is 0. The van der Waals surface area contributed by atoms with Gasteiger partial charge in [-0.15, -0.1) is 0 Å². The summed E-state index contributed by atoms with van der Waals surface area (Å²) in [6, 6.07) is 6.19. The van der Waals surface area contributed by atoms with Gasteiger partial charge in [-0.05, 0) is 38.1 Å². The van der Waals surface area contributed by atoms with Gasteiger partial charge in [0.05, 0.1) is 18.9 Å². The van der Waals surface area contributed by atoms with E-state index in [0.29, 0.717) is 5.41 Å². The third-order valence-electron chi connectivity index (χ3n) is 4.82. The molecular formula is C17H27N3O. The van der Waals surface area contributed by atoms with Crippen molar-refractivity contribution in [3.63, 3.8) is 0 Å². The van der Waals surface area contributed by atoms with Crippen molar-refractivity contribution in [2.45, 2.75) is 26.3 Å². The molecule has 1 atom stereocenters. The highest BCUT2D eigenvalue weighted by atomic mass is 16.5. The van der Waals surface area contributed by atoms with E-state index >= 15 is 0 Å². The molecule has 0 aromatic carbocycles. The standard InChI is InChI=1S/C17H27N3O/c1-2-19-10-11-21-15-17(13-19)7-5-9-20(14-17)12-16-6-3-4-8-18-16/h3-4,6,8H,2,5,7,9-15H2,1H3/t17-/m1/s1. The minimum absolute atomic E-state index is 0.319. The van der Waals surface area contributed by atoms with Gasteiger partial charge in [-0.25, -0.2) is 0 Å². The lowest BCUT2D eigenvalue weighted by molar-refractivity contribution is 0.00297. The number of rotatable bonds is 3. The van der Waals surface area contributed by atoms with Crippen molar-refractivity contribution in [2.75, 3.05) is 45.9 Å². The molecular weight excluding hydrogens is 262 g/mol. The second kappa shape index (κ2) is 6.86. The number of piperidine rings is 1. The van der Waals surface area contributed by atoms with Gasteiger partial charge in [0.15, 0.2) is 0 Å². The molecule has 0 unspecified atom stereocenters. The fraction of sp³-hybridized carbons (Fsp3) is 0.706. The molecule has 0 radical (unpaired) electrons. The van der Waals surface area contributed by atoms with Gasteiger partial charge in [0.25, 0.3) is 0 Å². The second-order valence-corrected chi connectivity index (χ2v) is 6.56. The van der Waals surface area contributed by atoms with E-state index < -0.39 is 0 Å². The van der Waals surface area contributed by atoms with Crippen molar-refractivity contribution in [3.8, 4) is 0 Å². The number of hydrogen-bond acceptors (Lipinski definition) is 4. The van der Waals surface area contributed by atoms with E-state index in [4.69, 9.17) is 4.74 Å². The molecule has 4 nitrogen and oxygen atoms in total. The maximum Gasteiger partial charge on any atom is 0.0593 e. The summed E-state index contributed by atoms with van der Waals surface area (Å²) < 4.78 is 5.93. The molecule has 0 aliphatic carbocycles. The number of ether oxygens (including phenoxy) is 1. The number of aromatic nitrogens is 1. The Kier molecular flexibility index (Phi) is 4.88. The Hall–Kier alpha value is -0.970. The van der Waals surface area contributed by atoms with Gasteiger partial charge in [0.2, 0.25) is 0 Å². The van der Waals surface area contributed by atoms with Crippen molar-refractivity contribution < 1.29 is 4.74 Å². The molecule has 3 heterocycles. The van der Waals surface area contributed by atoms with E-state index in [1.165, 1.54) is 31.6 Å². The summed E-state index contributed by atoms with van der Waals surface area (Å²) in [7, 11) is 0. The van der Waals surface area contributed by atoms with Crippen molar-refractivity contribution in [3.05, 3.63) is 30.1 Å². The maximum absolute atomic E-state index is 5.93. The SMILES string of the molecule is CCN1CCOC[C@]2(CCCN(Cc3ccccn3)C2)C1. The summed E-state index contributed by atoms with van der Waals surface area (Å²) in [5.41, 5.74) is 1.50. The van der Waals surface area contributed by atoms with E-state index in [0.717, 1.165) is 39.4 Å². The first-order valence-electron chi connectivity index (χ1n) is 8.22. The predicted molar refractivity (Wildman–Crippen MR) is 84.1 cm³/mol. The molecule has 3 rings (SSSR count). The molecule has 2 aliphatic rings. The van der Waals surface area contributed by atoms with E-state index in [1.807, 2.05) is 12.3 Å². The van der Waals surface area contributed by atoms with Gasteiger partial charge in [0.1, 0.15) is 0 Å². The first-order valence-corrected chi connectivity index (χ1v) is 8.22. The Labute approximate surface area is 128 Å². The third kappa shape index (κ3) is 3.82. The summed E-state index contributed by atoms with van der Waals surface area (Å²) in [4.78, 5) is 9.59. The van der Waals surface area contributed by atoms with Crippen LogP contribution in [0.2, 0.25) is 0 Å². The zero-order chi connectivity index (χ0) is 14.5. The van der Waals surface area contributed by atoms with Crippen molar-refractivity contribution in [2.24, 2.45) is 5.41 Å². The molecule has 1 aromatic rings. The van der Waals surface area contributed by atoms with Gasteiger partial charge in [-0.3, -0.25) is 9.88 Å². The van der Waals surface area contributed by atoms with Crippen LogP contribution in [0.25, 0.3) is 0 Å². The first kappa shape index (κ1) is 14.9. The summed E-state index contributed by atoms with van der Waals surface area (Å²) in [5, 5.41) is 0. The van der Waals surface area contributed by atoms with Gasteiger partial charge in [-0.2, -0.15) is 0 Å². The number of likely N-dealkylation sites (N-methyl/N-ethyl adjacent to an activating group) is 1. The van der Waals surface area contributed by atoms with Crippen molar-refractivity contribution >= 4 is 0 Å². The van der Waals surface area contributed by atoms with E-state index in [-0.39, 0.29) is 0 Å². The highest BCUT2D eigenvalue weighted by Crippen LogP contribution is 2.33. The molecule has 21 heavy (non-hydrogen) atoms. The van der Waals surface area contributed by atoms with Crippen LogP contribution in [0, 0.1) is 5.41 Å². The van der Waals surface area contributed by atoms with Crippen LogP contribution >= 0.6 is 0 Å². The van der Waals surface area contributed by atoms with E-state index in [2.05, 4.69) is 33.8 Å². The summed E-state index contributed by atoms with van der Waals surface area (Å²) in [6.07, 6.45) is 4.46. The normalized spacial score (nSPS) is 28.6. The largest absolute Gasteiger partial charge is 0.379 e. The molecule has 2 fully saturated rings. The topological polar surface area (TPSA) is 28.6 Å². The molecule has 0 N–H and O–H groups in total. The van der Waals surface area contributed by atoms with E-state index in [9.17, 15) is 0 Å². The van der Waals surface area contributed by atoms with Crippen molar-refractivity contribution in [1.29, 1.82) is 0 Å². The summed E-state index contributed by atoms with van der Waals surface area (Å²) in [6.45, 7) is 10.7. The fourth-order valence-electron chi connectivity index (χ4n) is 3.76. The molecule has 1 aromatic heterocycles. The zero-order valence-corrected chi connectivity index (χ0v) is 13.1. The Bertz CT molecular complexity index is 439. The van der Waals surface area contributed by atoms with Gasteiger partial charge in [-0.1, -0.05) is 13.0 Å². The minimum Gasteiger partial charge on any atom is -0.379 e. The average Bonchev–Trinajstić information content (AvgIpc) is 2.71. The average molecular weight is 289 g/mol. The Morgan fingerprint density at radius 2 is 2.14 bits per heavy atom. The van der Waals surface area contributed by atoms with Crippen molar-refractivity contribution in [1.82, 2.24) is 14.8 Å². The van der Waals surface area contributed by atoms with Gasteiger partial charge in [0, 0.05) is 37.8 Å². The second-order valence-electron chi connectivity index (χ2n) is 6.56. The van der Waals surface area contributed by atoms with Gasteiger partial charge < -0.3 is 9.64 Å². The molecule has 0 saturated carbocycles. The highest BCUT2D eigenvalue weighted by molar-refractivity contribution is 5.04. The number of likely N-dealkylation sites (tertiary alicyclic amines) is 1. The molecule has 2 aliphatic heterocycles. The van der Waals surface area contributed by atoms with Crippen LogP contribution in [0.15, 0.2) is 24.4 Å². The van der Waals surface area contributed by atoms with Crippen LogP contribution < -0.4 is 0 Å². The van der Waals surface area contributed by atoms with Crippen LogP contribution in [0.3, 0.4) is 0 Å². The Balaban J connectivity index is 1.66. The minimum atomic E-state index is 0.319.